The summed E-state index contributed by atoms with van der Waals surface area (Å²) in [5.41, 5.74) is 7.87. The molecule has 3 rings (SSSR count). The van der Waals surface area contributed by atoms with E-state index in [9.17, 15) is 4.79 Å². The molecule has 2 aliphatic rings. The number of anilines is 1. The molecule has 2 saturated heterocycles. The summed E-state index contributed by atoms with van der Waals surface area (Å²) in [5, 5.41) is 3.11. The maximum atomic E-state index is 11.5. The zero-order valence-electron chi connectivity index (χ0n) is 11.6. The van der Waals surface area contributed by atoms with Crippen LogP contribution in [0.4, 0.5) is 5.69 Å². The molecule has 21 heavy (non-hydrogen) atoms. The van der Waals surface area contributed by atoms with Crippen LogP contribution in [0.1, 0.15) is 24.8 Å². The third kappa shape index (κ3) is 3.06. The van der Waals surface area contributed by atoms with E-state index in [0.717, 1.165) is 41.7 Å². The monoisotopic (exact) mass is 367 g/mol. The molecule has 1 aromatic carbocycles. The molecule has 3 N–H and O–H groups in total. The van der Waals surface area contributed by atoms with Gasteiger partial charge in [0.05, 0.1) is 0 Å². The molecule has 2 fully saturated rings. The van der Waals surface area contributed by atoms with E-state index >= 15 is 0 Å². The van der Waals surface area contributed by atoms with Crippen molar-refractivity contribution in [3.05, 3.63) is 28.2 Å². The molecule has 0 saturated carbocycles. The van der Waals surface area contributed by atoms with Gasteiger partial charge in [0, 0.05) is 41.3 Å². The highest BCUT2D eigenvalue weighted by molar-refractivity contribution is 9.10. The molecular formula is C15H18BrN3OS. The van der Waals surface area contributed by atoms with E-state index in [1.807, 2.05) is 12.1 Å². The second kappa shape index (κ2) is 5.93. The molecule has 2 atom stereocenters. The van der Waals surface area contributed by atoms with Crippen molar-refractivity contribution in [3.8, 4) is 0 Å². The Morgan fingerprint density at radius 3 is 3.00 bits per heavy atom. The molecule has 112 valence electrons. The fourth-order valence-corrected chi connectivity index (χ4v) is 3.83. The van der Waals surface area contributed by atoms with E-state index < -0.39 is 0 Å². The Morgan fingerprint density at radius 2 is 2.24 bits per heavy atom. The van der Waals surface area contributed by atoms with Gasteiger partial charge in [0.15, 0.2) is 0 Å². The van der Waals surface area contributed by atoms with Crippen LogP contribution in [0, 0.1) is 5.92 Å². The van der Waals surface area contributed by atoms with Gasteiger partial charge in [-0.25, -0.2) is 0 Å². The first-order valence-corrected chi connectivity index (χ1v) is 8.38. The highest BCUT2D eigenvalue weighted by Crippen LogP contribution is 2.32. The van der Waals surface area contributed by atoms with Gasteiger partial charge in [0.1, 0.15) is 4.99 Å². The summed E-state index contributed by atoms with van der Waals surface area (Å²) in [6.45, 7) is 1.85. The first-order valence-electron chi connectivity index (χ1n) is 7.18. The fraction of sp³-hybridized carbons (Fsp3) is 0.467. The second-order valence-electron chi connectivity index (χ2n) is 5.73. The summed E-state index contributed by atoms with van der Waals surface area (Å²) in [6, 6.07) is 6.33. The van der Waals surface area contributed by atoms with Gasteiger partial charge in [0.25, 0.3) is 0 Å². The molecule has 4 nitrogen and oxygen atoms in total. The standard InChI is InChI=1S/C15H18BrN3OS/c16-10-2-3-11(15(17)21)13(7-10)19-6-5-12-9(8-19)1-4-14(20)18-12/h2-3,7,9,12H,1,4-6,8H2,(H2,17,21)(H,18,20). The molecule has 2 unspecified atom stereocenters. The lowest BCUT2D eigenvalue weighted by atomic mass is 9.85. The summed E-state index contributed by atoms with van der Waals surface area (Å²) in [5.74, 6) is 0.700. The van der Waals surface area contributed by atoms with Crippen molar-refractivity contribution in [1.29, 1.82) is 0 Å². The summed E-state index contributed by atoms with van der Waals surface area (Å²) in [7, 11) is 0. The maximum Gasteiger partial charge on any atom is 0.220 e. The highest BCUT2D eigenvalue weighted by atomic mass is 79.9. The maximum absolute atomic E-state index is 11.5. The van der Waals surface area contributed by atoms with Crippen LogP contribution in [-0.4, -0.2) is 30.0 Å². The van der Waals surface area contributed by atoms with Crippen molar-refractivity contribution < 1.29 is 4.79 Å². The number of piperidine rings is 2. The number of nitrogens with zero attached hydrogens (tertiary/aromatic N) is 1. The SMILES string of the molecule is NC(=S)c1ccc(Br)cc1N1CCC2NC(=O)CCC2C1. The number of amides is 1. The normalized spacial score (nSPS) is 25.2. The highest BCUT2D eigenvalue weighted by Gasteiger charge is 2.34. The molecule has 0 radical (unpaired) electrons. The van der Waals surface area contributed by atoms with Crippen LogP contribution in [0.5, 0.6) is 0 Å². The molecule has 0 aliphatic carbocycles. The minimum atomic E-state index is 0.191. The number of nitrogens with two attached hydrogens (primary N) is 1. The lowest BCUT2D eigenvalue weighted by molar-refractivity contribution is -0.124. The van der Waals surface area contributed by atoms with E-state index in [4.69, 9.17) is 18.0 Å². The topological polar surface area (TPSA) is 58.4 Å². The molecule has 1 aromatic rings. The van der Waals surface area contributed by atoms with Crippen LogP contribution in [0.2, 0.25) is 0 Å². The first-order chi connectivity index (χ1) is 10.0. The van der Waals surface area contributed by atoms with Gasteiger partial charge in [-0.05, 0) is 37.0 Å². The lowest BCUT2D eigenvalue weighted by Gasteiger charge is -2.43. The number of nitrogens with one attached hydrogen (secondary N) is 1. The van der Waals surface area contributed by atoms with Gasteiger partial charge in [-0.1, -0.05) is 28.1 Å². The predicted octanol–water partition coefficient (Wildman–Crippen LogP) is 2.19. The van der Waals surface area contributed by atoms with Crippen LogP contribution in [-0.2, 0) is 4.79 Å². The Bertz CT molecular complexity index is 592. The van der Waals surface area contributed by atoms with Crippen LogP contribution in [0.25, 0.3) is 0 Å². The van der Waals surface area contributed by atoms with E-state index in [1.165, 1.54) is 0 Å². The molecule has 2 heterocycles. The van der Waals surface area contributed by atoms with Crippen LogP contribution >= 0.6 is 28.1 Å². The molecule has 6 heteroatoms. The largest absolute Gasteiger partial charge is 0.389 e. The van der Waals surface area contributed by atoms with Crippen molar-refractivity contribution in [2.75, 3.05) is 18.0 Å². The number of hydrogen-bond donors (Lipinski definition) is 2. The van der Waals surface area contributed by atoms with E-state index in [-0.39, 0.29) is 5.91 Å². The van der Waals surface area contributed by atoms with Gasteiger partial charge in [-0.3, -0.25) is 4.79 Å². The van der Waals surface area contributed by atoms with E-state index in [0.29, 0.717) is 23.4 Å². The first kappa shape index (κ1) is 14.8. The van der Waals surface area contributed by atoms with Crippen LogP contribution in [0.3, 0.4) is 0 Å². The van der Waals surface area contributed by atoms with Gasteiger partial charge >= 0.3 is 0 Å². The Kier molecular flexibility index (Phi) is 4.17. The van der Waals surface area contributed by atoms with E-state index in [1.54, 1.807) is 0 Å². The van der Waals surface area contributed by atoms with E-state index in [2.05, 4.69) is 32.2 Å². The summed E-state index contributed by atoms with van der Waals surface area (Å²) in [4.78, 5) is 14.3. The Morgan fingerprint density at radius 1 is 1.43 bits per heavy atom. The Hall–Kier alpha value is -1.14. The van der Waals surface area contributed by atoms with Crippen molar-refractivity contribution in [2.45, 2.75) is 25.3 Å². The van der Waals surface area contributed by atoms with Gasteiger partial charge in [-0.15, -0.1) is 0 Å². The minimum absolute atomic E-state index is 0.191. The van der Waals surface area contributed by atoms with Crippen molar-refractivity contribution in [1.82, 2.24) is 5.32 Å². The van der Waals surface area contributed by atoms with Gasteiger partial charge < -0.3 is 16.0 Å². The summed E-state index contributed by atoms with van der Waals surface area (Å²) < 4.78 is 1.02. The van der Waals surface area contributed by atoms with Crippen LogP contribution in [0.15, 0.2) is 22.7 Å². The average Bonchev–Trinajstić information content (AvgIpc) is 2.46. The number of thiocarbonyl (C=S) groups is 1. The molecule has 0 spiro atoms. The zero-order valence-corrected chi connectivity index (χ0v) is 14.0. The second-order valence-corrected chi connectivity index (χ2v) is 7.09. The number of carbonyl (C=O) groups excluding carboxylic acids is 1. The third-order valence-electron chi connectivity index (χ3n) is 4.39. The molecular weight excluding hydrogens is 350 g/mol. The molecule has 0 aromatic heterocycles. The number of rotatable bonds is 2. The van der Waals surface area contributed by atoms with Gasteiger partial charge in [0.2, 0.25) is 5.91 Å². The number of hydrogen-bond acceptors (Lipinski definition) is 3. The quantitative estimate of drug-likeness (QED) is 0.786. The number of fused-ring (bicyclic) bond motifs is 1. The smallest absolute Gasteiger partial charge is 0.220 e. The Labute approximate surface area is 138 Å². The fourth-order valence-electron chi connectivity index (χ4n) is 3.30. The number of halogens is 1. The van der Waals surface area contributed by atoms with Gasteiger partial charge in [-0.2, -0.15) is 0 Å². The number of benzene rings is 1. The molecule has 1 amide bonds. The molecule has 0 bridgehead atoms. The van der Waals surface area contributed by atoms with Crippen molar-refractivity contribution >= 4 is 44.7 Å². The Balaban J connectivity index is 1.84. The number of carbonyl (C=O) groups is 1. The lowest BCUT2D eigenvalue weighted by Crippen LogP contribution is -2.54. The third-order valence-corrected chi connectivity index (χ3v) is 5.10. The predicted molar refractivity (Wildman–Crippen MR) is 91.5 cm³/mol. The van der Waals surface area contributed by atoms with Crippen molar-refractivity contribution in [3.63, 3.8) is 0 Å². The summed E-state index contributed by atoms with van der Waals surface area (Å²) in [6.07, 6.45) is 2.57. The van der Waals surface area contributed by atoms with Crippen LogP contribution < -0.4 is 16.0 Å². The molecule has 2 aliphatic heterocycles. The zero-order chi connectivity index (χ0) is 15.0. The summed E-state index contributed by atoms with van der Waals surface area (Å²) >= 11 is 8.69. The minimum Gasteiger partial charge on any atom is -0.389 e. The van der Waals surface area contributed by atoms with Crippen molar-refractivity contribution in [2.24, 2.45) is 11.7 Å². The average molecular weight is 368 g/mol.